The van der Waals surface area contributed by atoms with Gasteiger partial charge in [-0.3, -0.25) is 15.0 Å². The van der Waals surface area contributed by atoms with Crippen LogP contribution in [0.15, 0.2) is 199 Å². The van der Waals surface area contributed by atoms with E-state index >= 15 is 0 Å². The van der Waals surface area contributed by atoms with Crippen molar-refractivity contribution in [3.8, 4) is 61.6 Å². The van der Waals surface area contributed by atoms with Crippen molar-refractivity contribution in [3.63, 3.8) is 0 Å². The Labute approximate surface area is 322 Å². The van der Waals surface area contributed by atoms with Crippen molar-refractivity contribution in [3.05, 3.63) is 195 Å². The maximum Gasteiger partial charge on any atom is 0.135 e. The number of nitrogens with zero attached hydrogens (tertiary/aromatic N) is 4. The molecule has 0 aliphatic rings. The molecule has 0 spiro atoms. The summed E-state index contributed by atoms with van der Waals surface area (Å²) in [5, 5.41) is 4.48. The van der Waals surface area contributed by atoms with Gasteiger partial charge >= 0.3 is 0 Å². The molecular weight excluding hydrogens is 685 g/mol. The van der Waals surface area contributed by atoms with E-state index in [0.29, 0.717) is 0 Å². The lowest BCUT2D eigenvalue weighted by Gasteiger charge is -2.11. The van der Waals surface area contributed by atoms with E-state index in [4.69, 9.17) is 14.4 Å². The number of hydrogen-bond donors (Lipinski definition) is 0. The molecule has 56 heavy (non-hydrogen) atoms. The number of hydrogen-bond acceptors (Lipinski definition) is 4. The van der Waals surface area contributed by atoms with Crippen molar-refractivity contribution in [1.82, 2.24) is 19.5 Å². The number of benzene rings is 6. The lowest BCUT2D eigenvalue weighted by molar-refractivity contribution is 0.669. The largest absolute Gasteiger partial charge is 0.456 e. The molecule has 6 aromatic carbocycles. The molecule has 0 N–H and O–H groups in total. The number of rotatable bonds is 6. The maximum absolute atomic E-state index is 6.38. The van der Waals surface area contributed by atoms with E-state index in [0.717, 1.165) is 94.6 Å². The fraction of sp³-hybridized carbons (Fsp3) is 0. The van der Waals surface area contributed by atoms with Crippen molar-refractivity contribution in [1.29, 1.82) is 0 Å². The summed E-state index contributed by atoms with van der Waals surface area (Å²) in [6.45, 7) is 0. The first-order valence-electron chi connectivity index (χ1n) is 18.7. The van der Waals surface area contributed by atoms with Crippen molar-refractivity contribution in [2.75, 3.05) is 0 Å². The van der Waals surface area contributed by atoms with Crippen LogP contribution < -0.4 is 0 Å². The quantitative estimate of drug-likeness (QED) is 0.172. The van der Waals surface area contributed by atoms with Crippen LogP contribution in [-0.2, 0) is 0 Å². The first kappa shape index (κ1) is 31.9. The van der Waals surface area contributed by atoms with Crippen LogP contribution in [0.4, 0.5) is 0 Å². The molecule has 0 bridgehead atoms. The highest BCUT2D eigenvalue weighted by molar-refractivity contribution is 6.13. The van der Waals surface area contributed by atoms with Gasteiger partial charge in [0.2, 0.25) is 0 Å². The summed E-state index contributed by atoms with van der Waals surface area (Å²) >= 11 is 0. The second-order valence-corrected chi connectivity index (χ2v) is 14.1. The lowest BCUT2D eigenvalue weighted by Crippen LogP contribution is -1.94. The number of fused-ring (bicyclic) bond motifs is 6. The Bertz CT molecular complexity index is 3100. The van der Waals surface area contributed by atoms with Crippen LogP contribution in [0.1, 0.15) is 0 Å². The molecule has 5 nitrogen and oxygen atoms in total. The van der Waals surface area contributed by atoms with E-state index < -0.39 is 0 Å². The Balaban J connectivity index is 1.15. The average molecular weight is 717 g/mol. The molecule has 0 saturated heterocycles. The van der Waals surface area contributed by atoms with Crippen LogP contribution in [0.25, 0.3) is 105 Å². The predicted octanol–water partition coefficient (Wildman–Crippen LogP) is 13.2. The Hall–Kier alpha value is -7.63. The van der Waals surface area contributed by atoms with Crippen molar-refractivity contribution in [2.24, 2.45) is 0 Å². The molecule has 5 aromatic heterocycles. The molecule has 11 aromatic rings. The fourth-order valence-electron chi connectivity index (χ4n) is 8.21. The van der Waals surface area contributed by atoms with Gasteiger partial charge in [-0.1, -0.05) is 84.9 Å². The van der Waals surface area contributed by atoms with E-state index in [1.165, 1.54) is 10.8 Å². The van der Waals surface area contributed by atoms with E-state index in [2.05, 4.69) is 149 Å². The third-order valence-electron chi connectivity index (χ3n) is 10.8. The molecule has 262 valence electrons. The highest BCUT2D eigenvalue weighted by Gasteiger charge is 2.19. The molecule has 0 amide bonds. The molecule has 0 aliphatic carbocycles. The van der Waals surface area contributed by atoms with Crippen molar-refractivity contribution >= 4 is 43.7 Å². The van der Waals surface area contributed by atoms with Gasteiger partial charge in [0.1, 0.15) is 11.2 Å². The van der Waals surface area contributed by atoms with Gasteiger partial charge in [0.05, 0.1) is 22.4 Å². The molecule has 0 aliphatic heterocycles. The van der Waals surface area contributed by atoms with Gasteiger partial charge in [0, 0.05) is 68.7 Å². The molecule has 11 rings (SSSR count). The number of pyridine rings is 3. The molecule has 0 fully saturated rings. The first-order chi connectivity index (χ1) is 27.8. The van der Waals surface area contributed by atoms with Crippen LogP contribution in [0, 0.1) is 0 Å². The summed E-state index contributed by atoms with van der Waals surface area (Å²) in [4.78, 5) is 13.8. The third-order valence-corrected chi connectivity index (χ3v) is 10.8. The first-order valence-corrected chi connectivity index (χ1v) is 18.7. The van der Waals surface area contributed by atoms with Gasteiger partial charge in [-0.15, -0.1) is 0 Å². The molecule has 0 radical (unpaired) electrons. The highest BCUT2D eigenvalue weighted by Crippen LogP contribution is 2.41. The van der Waals surface area contributed by atoms with Crippen LogP contribution in [0.5, 0.6) is 0 Å². The minimum atomic E-state index is 0.856. The zero-order valence-corrected chi connectivity index (χ0v) is 30.2. The maximum atomic E-state index is 6.38. The summed E-state index contributed by atoms with van der Waals surface area (Å²) in [6.07, 6.45) is 7.41. The Morgan fingerprint density at radius 2 is 0.911 bits per heavy atom. The zero-order chi connectivity index (χ0) is 37.0. The topological polar surface area (TPSA) is 56.7 Å². The number of aromatic nitrogens is 4. The second kappa shape index (κ2) is 13.0. The highest BCUT2D eigenvalue weighted by atomic mass is 16.3. The molecule has 5 heteroatoms. The van der Waals surface area contributed by atoms with Gasteiger partial charge in [0.15, 0.2) is 0 Å². The Morgan fingerprint density at radius 1 is 0.375 bits per heavy atom. The van der Waals surface area contributed by atoms with Gasteiger partial charge in [-0.2, -0.15) is 0 Å². The number of furan rings is 1. The van der Waals surface area contributed by atoms with Crippen LogP contribution in [0.2, 0.25) is 0 Å². The minimum Gasteiger partial charge on any atom is -0.456 e. The van der Waals surface area contributed by atoms with Gasteiger partial charge < -0.3 is 8.98 Å². The van der Waals surface area contributed by atoms with E-state index in [9.17, 15) is 0 Å². The van der Waals surface area contributed by atoms with E-state index in [1.807, 2.05) is 48.9 Å². The second-order valence-electron chi connectivity index (χ2n) is 14.1. The average Bonchev–Trinajstić information content (AvgIpc) is 3.81. The summed E-state index contributed by atoms with van der Waals surface area (Å²) in [6, 6.07) is 59.9. The van der Waals surface area contributed by atoms with Crippen molar-refractivity contribution in [2.45, 2.75) is 0 Å². The normalized spacial score (nSPS) is 11.6. The Morgan fingerprint density at radius 3 is 1.48 bits per heavy atom. The summed E-state index contributed by atoms with van der Waals surface area (Å²) in [7, 11) is 0. The van der Waals surface area contributed by atoms with Crippen LogP contribution in [-0.4, -0.2) is 19.5 Å². The summed E-state index contributed by atoms with van der Waals surface area (Å²) < 4.78 is 8.77. The van der Waals surface area contributed by atoms with Gasteiger partial charge in [-0.05, 0) is 113 Å². The van der Waals surface area contributed by atoms with Crippen molar-refractivity contribution < 1.29 is 4.42 Å². The van der Waals surface area contributed by atoms with E-state index in [-0.39, 0.29) is 0 Å². The predicted molar refractivity (Wildman–Crippen MR) is 229 cm³/mol. The van der Waals surface area contributed by atoms with Gasteiger partial charge in [-0.25, -0.2) is 0 Å². The fourth-order valence-corrected chi connectivity index (χ4v) is 8.21. The summed E-state index contributed by atoms with van der Waals surface area (Å²) in [5.74, 6) is 0. The SMILES string of the molecule is c1ccc(-c2ccccc2-c2ccc3c(c2)c2cc(-c4ccccc4-c4ccccn4)ccc2n3-c2ccc3oc4ccc(-c5cccnc5)cc4c3c2)nc1. The zero-order valence-electron chi connectivity index (χ0n) is 30.2. The molecular formula is C51H32N4O. The Kier molecular flexibility index (Phi) is 7.42. The van der Waals surface area contributed by atoms with Gasteiger partial charge in [0.25, 0.3) is 0 Å². The lowest BCUT2D eigenvalue weighted by atomic mass is 9.94. The minimum absolute atomic E-state index is 0.856. The standard InChI is InChI=1S/C51H32N4O/c1-3-13-40(46-15-5-7-26-53-46)38(11-1)34-17-21-48-42(29-34)43-30-35(39-12-2-4-14-41(39)47-16-6-8-27-54-47)18-22-49(43)55(48)37-20-24-51-45(31-37)44-28-33(19-23-50(44)56-51)36-10-9-25-52-32-36/h1-32H. The van der Waals surface area contributed by atoms with Crippen LogP contribution in [0.3, 0.4) is 0 Å². The monoisotopic (exact) mass is 716 g/mol. The third kappa shape index (κ3) is 5.29. The molecule has 0 unspecified atom stereocenters. The molecule has 0 saturated carbocycles. The van der Waals surface area contributed by atoms with Crippen LogP contribution >= 0.6 is 0 Å². The smallest absolute Gasteiger partial charge is 0.135 e. The van der Waals surface area contributed by atoms with E-state index in [1.54, 1.807) is 6.20 Å². The molecule has 0 atom stereocenters. The molecule has 5 heterocycles. The summed E-state index contributed by atoms with van der Waals surface area (Å²) in [5.41, 5.74) is 15.9.